The lowest BCUT2D eigenvalue weighted by atomic mass is 10.2. The highest BCUT2D eigenvalue weighted by Crippen LogP contribution is 2.28. The number of nitrogens with zero attached hydrogens (tertiary/aromatic N) is 2. The molecule has 1 heterocycles. The van der Waals surface area contributed by atoms with Gasteiger partial charge in [0.25, 0.3) is 0 Å². The van der Waals surface area contributed by atoms with Crippen molar-refractivity contribution < 1.29 is 9.47 Å². The summed E-state index contributed by atoms with van der Waals surface area (Å²) in [4.78, 5) is 4.02. The minimum absolute atomic E-state index is 0.137. The van der Waals surface area contributed by atoms with Crippen molar-refractivity contribution in [2.45, 2.75) is 33.0 Å². The van der Waals surface area contributed by atoms with Crippen molar-refractivity contribution in [1.29, 1.82) is 0 Å². The number of methoxy groups -OCH3 is 1. The van der Waals surface area contributed by atoms with E-state index in [2.05, 4.69) is 16.4 Å². The largest absolute Gasteiger partial charge is 0.493 e. The van der Waals surface area contributed by atoms with Crippen LogP contribution in [0.5, 0.6) is 11.5 Å². The highest BCUT2D eigenvalue weighted by atomic mass is 16.5. The third-order valence-corrected chi connectivity index (χ3v) is 3.03. The minimum Gasteiger partial charge on any atom is -0.493 e. The van der Waals surface area contributed by atoms with Crippen LogP contribution in [0.2, 0.25) is 0 Å². The molecule has 21 heavy (non-hydrogen) atoms. The number of imidazole rings is 1. The number of aromatic nitrogens is 2. The SMILES string of the molecule is COc1cc(CNCCn2ccnc2)ccc1OC(C)C. The average Bonchev–Trinajstić information content (AvgIpc) is 2.97. The first-order chi connectivity index (χ1) is 10.2. The maximum atomic E-state index is 5.71. The summed E-state index contributed by atoms with van der Waals surface area (Å²) >= 11 is 0. The lowest BCUT2D eigenvalue weighted by molar-refractivity contribution is 0.230. The Kier molecular flexibility index (Phi) is 5.63. The first kappa shape index (κ1) is 15.4. The molecule has 0 atom stereocenters. The molecule has 0 amide bonds. The van der Waals surface area contributed by atoms with Gasteiger partial charge in [0.05, 0.1) is 19.5 Å². The highest BCUT2D eigenvalue weighted by molar-refractivity contribution is 5.43. The van der Waals surface area contributed by atoms with Crippen LogP contribution < -0.4 is 14.8 Å². The van der Waals surface area contributed by atoms with Crippen molar-refractivity contribution in [2.24, 2.45) is 0 Å². The van der Waals surface area contributed by atoms with Crippen LogP contribution in [0, 0.1) is 0 Å². The first-order valence-corrected chi connectivity index (χ1v) is 7.19. The van der Waals surface area contributed by atoms with E-state index >= 15 is 0 Å². The van der Waals surface area contributed by atoms with Crippen molar-refractivity contribution in [1.82, 2.24) is 14.9 Å². The van der Waals surface area contributed by atoms with Gasteiger partial charge < -0.3 is 19.4 Å². The van der Waals surface area contributed by atoms with Crippen LogP contribution in [0.3, 0.4) is 0 Å². The Morgan fingerprint density at radius 3 is 2.81 bits per heavy atom. The summed E-state index contributed by atoms with van der Waals surface area (Å²) in [6, 6.07) is 6.04. The minimum atomic E-state index is 0.137. The third-order valence-electron chi connectivity index (χ3n) is 3.03. The maximum Gasteiger partial charge on any atom is 0.161 e. The Bertz CT molecular complexity index is 538. The van der Waals surface area contributed by atoms with Gasteiger partial charge in [0.1, 0.15) is 0 Å². The molecule has 114 valence electrons. The lowest BCUT2D eigenvalue weighted by Gasteiger charge is -2.14. The molecule has 5 nitrogen and oxygen atoms in total. The van der Waals surface area contributed by atoms with Crippen LogP contribution in [0.1, 0.15) is 19.4 Å². The zero-order valence-electron chi connectivity index (χ0n) is 12.9. The molecule has 2 rings (SSSR count). The molecule has 0 saturated heterocycles. The van der Waals surface area contributed by atoms with E-state index < -0.39 is 0 Å². The normalized spacial score (nSPS) is 10.9. The molecule has 0 saturated carbocycles. The van der Waals surface area contributed by atoms with Gasteiger partial charge in [0.15, 0.2) is 11.5 Å². The molecule has 0 aliphatic carbocycles. The van der Waals surface area contributed by atoms with Gasteiger partial charge in [-0.05, 0) is 31.5 Å². The van der Waals surface area contributed by atoms with Crippen molar-refractivity contribution >= 4 is 0 Å². The Morgan fingerprint density at radius 2 is 2.14 bits per heavy atom. The highest BCUT2D eigenvalue weighted by Gasteiger charge is 2.07. The Labute approximate surface area is 125 Å². The van der Waals surface area contributed by atoms with Crippen molar-refractivity contribution in [2.75, 3.05) is 13.7 Å². The van der Waals surface area contributed by atoms with Crippen LogP contribution in [-0.2, 0) is 13.1 Å². The van der Waals surface area contributed by atoms with Crippen LogP contribution in [-0.4, -0.2) is 29.3 Å². The topological polar surface area (TPSA) is 48.3 Å². The van der Waals surface area contributed by atoms with Crippen molar-refractivity contribution in [3.05, 3.63) is 42.5 Å². The average molecular weight is 289 g/mol. The molecule has 2 aromatic rings. The summed E-state index contributed by atoms with van der Waals surface area (Å²) in [5, 5.41) is 3.41. The molecular weight excluding hydrogens is 266 g/mol. The monoisotopic (exact) mass is 289 g/mol. The fourth-order valence-corrected chi connectivity index (χ4v) is 2.03. The van der Waals surface area contributed by atoms with Gasteiger partial charge in [-0.3, -0.25) is 0 Å². The summed E-state index contributed by atoms with van der Waals surface area (Å²) < 4.78 is 13.1. The van der Waals surface area contributed by atoms with Gasteiger partial charge in [0, 0.05) is 32.0 Å². The van der Waals surface area contributed by atoms with E-state index in [0.717, 1.165) is 31.1 Å². The summed E-state index contributed by atoms with van der Waals surface area (Å²) in [5.74, 6) is 1.56. The molecule has 5 heteroatoms. The summed E-state index contributed by atoms with van der Waals surface area (Å²) in [5.41, 5.74) is 1.17. The van der Waals surface area contributed by atoms with E-state index in [-0.39, 0.29) is 6.10 Å². The number of hydrogen-bond donors (Lipinski definition) is 1. The number of ether oxygens (including phenoxy) is 2. The molecule has 0 bridgehead atoms. The molecular formula is C16H23N3O2. The third kappa shape index (κ3) is 4.79. The van der Waals surface area contributed by atoms with Crippen molar-refractivity contribution in [3.8, 4) is 11.5 Å². The van der Waals surface area contributed by atoms with E-state index in [4.69, 9.17) is 9.47 Å². The van der Waals surface area contributed by atoms with Gasteiger partial charge in [0.2, 0.25) is 0 Å². The molecule has 0 spiro atoms. The van der Waals surface area contributed by atoms with E-state index in [1.807, 2.05) is 43.1 Å². The van der Waals surface area contributed by atoms with Crippen LogP contribution in [0.25, 0.3) is 0 Å². The lowest BCUT2D eigenvalue weighted by Crippen LogP contribution is -2.19. The number of benzene rings is 1. The fraction of sp³-hybridized carbons (Fsp3) is 0.438. The molecule has 0 aliphatic rings. The second-order valence-corrected chi connectivity index (χ2v) is 5.13. The zero-order valence-corrected chi connectivity index (χ0v) is 12.9. The maximum absolute atomic E-state index is 5.71. The molecule has 0 radical (unpaired) electrons. The van der Waals surface area contributed by atoms with E-state index in [1.54, 1.807) is 13.3 Å². The number of rotatable bonds is 8. The smallest absolute Gasteiger partial charge is 0.161 e. The van der Waals surface area contributed by atoms with Crippen LogP contribution in [0.15, 0.2) is 36.9 Å². The van der Waals surface area contributed by atoms with Crippen LogP contribution >= 0.6 is 0 Å². The molecule has 1 aromatic heterocycles. The second kappa shape index (κ2) is 7.69. The van der Waals surface area contributed by atoms with E-state index in [9.17, 15) is 0 Å². The van der Waals surface area contributed by atoms with Crippen LogP contribution in [0.4, 0.5) is 0 Å². The predicted octanol–water partition coefficient (Wildman–Crippen LogP) is 2.47. The van der Waals surface area contributed by atoms with Gasteiger partial charge >= 0.3 is 0 Å². The van der Waals surface area contributed by atoms with Gasteiger partial charge in [-0.1, -0.05) is 6.07 Å². The Hall–Kier alpha value is -2.01. The standard InChI is InChI=1S/C16H23N3O2/c1-13(2)21-15-5-4-14(10-16(15)20-3)11-17-6-8-19-9-7-18-12-19/h4-5,7,9-10,12-13,17H,6,8,11H2,1-3H3. The van der Waals surface area contributed by atoms with Gasteiger partial charge in [-0.25, -0.2) is 4.98 Å². The quantitative estimate of drug-likeness (QED) is 0.758. The predicted molar refractivity (Wildman–Crippen MR) is 82.7 cm³/mol. The van der Waals surface area contributed by atoms with Gasteiger partial charge in [-0.2, -0.15) is 0 Å². The zero-order chi connectivity index (χ0) is 15.1. The van der Waals surface area contributed by atoms with E-state index in [1.165, 1.54) is 5.56 Å². The van der Waals surface area contributed by atoms with Crippen molar-refractivity contribution in [3.63, 3.8) is 0 Å². The molecule has 1 aromatic carbocycles. The Morgan fingerprint density at radius 1 is 1.29 bits per heavy atom. The summed E-state index contributed by atoms with van der Waals surface area (Å²) in [6.45, 7) is 6.61. The van der Waals surface area contributed by atoms with Gasteiger partial charge in [-0.15, -0.1) is 0 Å². The second-order valence-electron chi connectivity index (χ2n) is 5.13. The summed E-state index contributed by atoms with van der Waals surface area (Å²) in [7, 11) is 1.67. The fourth-order valence-electron chi connectivity index (χ4n) is 2.03. The molecule has 0 aliphatic heterocycles. The van der Waals surface area contributed by atoms with E-state index in [0.29, 0.717) is 0 Å². The molecule has 0 fully saturated rings. The molecule has 0 unspecified atom stereocenters. The first-order valence-electron chi connectivity index (χ1n) is 7.19. The number of nitrogens with one attached hydrogen (secondary N) is 1. The molecule has 1 N–H and O–H groups in total. The number of hydrogen-bond acceptors (Lipinski definition) is 4. The Balaban J connectivity index is 1.85. The summed E-state index contributed by atoms with van der Waals surface area (Å²) in [6.07, 6.45) is 5.71.